The van der Waals surface area contributed by atoms with Crippen molar-refractivity contribution >= 4 is 17.5 Å². The fraction of sp³-hybridized carbons (Fsp3) is 0.462. The van der Waals surface area contributed by atoms with Gasteiger partial charge in [0, 0.05) is 13.1 Å². The highest BCUT2D eigenvalue weighted by Gasteiger charge is 2.26. The quantitative estimate of drug-likeness (QED) is 0.770. The molecule has 0 aliphatic carbocycles. The molecule has 1 aliphatic rings. The smallest absolute Gasteiger partial charge is 0.259 e. The molecule has 0 unspecified atom stereocenters. The molecule has 0 aromatic heterocycles. The van der Waals surface area contributed by atoms with Crippen molar-refractivity contribution < 1.29 is 16.4 Å². The van der Waals surface area contributed by atoms with Crippen LogP contribution in [0.2, 0.25) is 10.0 Å². The molecule has 4 heteroatoms. The first-order valence-corrected chi connectivity index (χ1v) is 6.63. The number of hydrogen-bond acceptors (Lipinski definition) is 1. The number of nitrogens with zero attached hydrogens (tertiary/aromatic N) is 1. The van der Waals surface area contributed by atoms with Crippen LogP contribution in [0, 0.1) is 17.5 Å². The average molecular weight is 273 g/mol. The van der Waals surface area contributed by atoms with Crippen molar-refractivity contribution in [3.63, 3.8) is 0 Å². The maximum atomic E-state index is 12.3. The third-order valence-corrected chi connectivity index (χ3v) is 4.14. The molecular formula is C13H16Cl2NO+. The molecule has 1 amide bonds. The highest BCUT2D eigenvalue weighted by Crippen LogP contribution is 2.24. The summed E-state index contributed by atoms with van der Waals surface area (Å²) in [4.78, 5) is 14.2. The van der Waals surface area contributed by atoms with Crippen molar-refractivity contribution in [2.24, 2.45) is 5.92 Å². The van der Waals surface area contributed by atoms with Crippen LogP contribution in [0.25, 0.3) is 0 Å². The fourth-order valence-corrected chi connectivity index (χ4v) is 2.46. The second kappa shape index (κ2) is 5.28. The first kappa shape index (κ1) is 12.7. The minimum absolute atomic E-state index is 0.0180. The SMILES string of the molecule is CC1CCN(C(=O)c2cccc(Cl)c2[ClH+])CC1. The summed E-state index contributed by atoms with van der Waals surface area (Å²) in [6.07, 6.45) is 2.14. The van der Waals surface area contributed by atoms with E-state index in [1.807, 2.05) is 4.90 Å². The van der Waals surface area contributed by atoms with Gasteiger partial charge in [-0.25, -0.2) is 0 Å². The van der Waals surface area contributed by atoms with Gasteiger partial charge in [0.25, 0.3) is 10.9 Å². The Bertz CT molecular complexity index is 425. The Labute approximate surface area is 112 Å². The van der Waals surface area contributed by atoms with Crippen LogP contribution < -0.4 is 0 Å². The van der Waals surface area contributed by atoms with E-state index < -0.39 is 0 Å². The molecule has 0 saturated carbocycles. The lowest BCUT2D eigenvalue weighted by Gasteiger charge is -2.30. The lowest BCUT2D eigenvalue weighted by molar-refractivity contribution is -0.289. The second-order valence-corrected chi connectivity index (χ2v) is 5.41. The van der Waals surface area contributed by atoms with Crippen LogP contribution in [0.1, 0.15) is 30.1 Å². The summed E-state index contributed by atoms with van der Waals surface area (Å²) in [5, 5.41) is 0.953. The average Bonchev–Trinajstić information content (AvgIpc) is 2.33. The first-order valence-electron chi connectivity index (χ1n) is 5.84. The second-order valence-electron chi connectivity index (χ2n) is 4.59. The number of amides is 1. The van der Waals surface area contributed by atoms with Gasteiger partial charge in [0.05, 0.1) is 0 Å². The van der Waals surface area contributed by atoms with E-state index in [1.165, 1.54) is 0 Å². The number of piperidine rings is 1. The number of carbonyl (C=O) groups is 1. The number of benzene rings is 1. The van der Waals surface area contributed by atoms with Crippen LogP contribution in [0.5, 0.6) is 0 Å². The zero-order chi connectivity index (χ0) is 12.4. The van der Waals surface area contributed by atoms with Crippen molar-refractivity contribution in [2.45, 2.75) is 19.8 Å². The van der Waals surface area contributed by atoms with Crippen molar-refractivity contribution in [2.75, 3.05) is 13.1 Å². The molecular weight excluding hydrogens is 257 g/mol. The van der Waals surface area contributed by atoms with Gasteiger partial charge in [-0.2, -0.15) is 0 Å². The molecule has 1 aromatic rings. The Kier molecular flexibility index (Phi) is 3.95. The van der Waals surface area contributed by atoms with Gasteiger partial charge in [-0.3, -0.25) is 4.79 Å². The Balaban J connectivity index is 2.17. The van der Waals surface area contributed by atoms with Crippen LogP contribution in [0.3, 0.4) is 0 Å². The fourth-order valence-electron chi connectivity index (χ4n) is 2.06. The zero-order valence-electron chi connectivity index (χ0n) is 9.78. The van der Waals surface area contributed by atoms with Crippen LogP contribution >= 0.6 is 11.6 Å². The molecule has 0 radical (unpaired) electrons. The minimum Gasteiger partial charge on any atom is -0.338 e. The van der Waals surface area contributed by atoms with Gasteiger partial charge in [-0.05, 0) is 30.9 Å². The molecule has 2 rings (SSSR count). The molecule has 0 spiro atoms. The van der Waals surface area contributed by atoms with Crippen molar-refractivity contribution in [1.29, 1.82) is 0 Å². The third kappa shape index (κ3) is 2.75. The monoisotopic (exact) mass is 272 g/mol. The molecule has 92 valence electrons. The zero-order valence-corrected chi connectivity index (χ0v) is 11.4. The maximum absolute atomic E-state index is 12.3. The van der Waals surface area contributed by atoms with Gasteiger partial charge in [0.1, 0.15) is 10.6 Å². The van der Waals surface area contributed by atoms with E-state index in [2.05, 4.69) is 6.92 Å². The van der Waals surface area contributed by atoms with Crippen molar-refractivity contribution in [1.82, 2.24) is 4.90 Å². The Morgan fingerprint density at radius 2 is 2.06 bits per heavy atom. The maximum Gasteiger partial charge on any atom is 0.259 e. The Morgan fingerprint density at radius 1 is 1.41 bits per heavy atom. The standard InChI is InChI=1S/C13H16Cl2NO/c1-9-5-7-16(8-6-9)13(17)10-3-2-4-11(14)12(10)15/h2-4,9,15H,5-8H2,1H3/q+1. The molecule has 1 aromatic carbocycles. The largest absolute Gasteiger partial charge is 0.338 e. The van der Waals surface area contributed by atoms with Gasteiger partial charge in [-0.15, -0.1) is 0 Å². The summed E-state index contributed by atoms with van der Waals surface area (Å²) in [7, 11) is 0. The van der Waals surface area contributed by atoms with E-state index in [4.69, 9.17) is 23.2 Å². The highest BCUT2D eigenvalue weighted by atomic mass is 35.5. The van der Waals surface area contributed by atoms with Gasteiger partial charge in [0.2, 0.25) is 0 Å². The van der Waals surface area contributed by atoms with E-state index in [9.17, 15) is 4.79 Å². The number of hydrogen-bond donors (Lipinski definition) is 0. The van der Waals surface area contributed by atoms with E-state index in [1.54, 1.807) is 18.2 Å². The predicted molar refractivity (Wildman–Crippen MR) is 66.3 cm³/mol. The number of halogens is 2. The van der Waals surface area contributed by atoms with E-state index in [0.717, 1.165) is 25.9 Å². The molecule has 1 aliphatic heterocycles. The summed E-state index contributed by atoms with van der Waals surface area (Å²) in [6, 6.07) is 5.26. The first-order chi connectivity index (χ1) is 8.09. The molecule has 1 saturated heterocycles. The molecule has 1 fully saturated rings. The molecule has 1 heterocycles. The summed E-state index contributed by atoms with van der Waals surface area (Å²) in [5.41, 5.74) is 0.557. The van der Waals surface area contributed by atoms with Gasteiger partial charge < -0.3 is 4.90 Å². The van der Waals surface area contributed by atoms with Crippen LogP contribution in [-0.4, -0.2) is 23.9 Å². The molecule has 0 atom stereocenters. The predicted octanol–water partition coefficient (Wildman–Crippen LogP) is 2.91. The van der Waals surface area contributed by atoms with Crippen molar-refractivity contribution in [3.8, 4) is 0 Å². The van der Waals surface area contributed by atoms with Crippen LogP contribution in [0.4, 0.5) is 0 Å². The molecule has 0 N–H and O–H groups in total. The number of rotatable bonds is 1. The van der Waals surface area contributed by atoms with Crippen molar-refractivity contribution in [3.05, 3.63) is 33.8 Å². The van der Waals surface area contributed by atoms with E-state index in [0.29, 0.717) is 21.5 Å². The van der Waals surface area contributed by atoms with Crippen LogP contribution in [-0.2, 0) is 0 Å². The number of carbonyl (C=O) groups excluding carboxylic acids is 1. The number of likely N-dealkylation sites (tertiary alicyclic amines) is 1. The minimum atomic E-state index is 0.0180. The third-order valence-electron chi connectivity index (χ3n) is 3.27. The molecule has 0 bridgehead atoms. The van der Waals surface area contributed by atoms with E-state index in [-0.39, 0.29) is 5.91 Å². The lowest BCUT2D eigenvalue weighted by atomic mass is 9.98. The Morgan fingerprint density at radius 3 is 2.71 bits per heavy atom. The van der Waals surface area contributed by atoms with E-state index >= 15 is 0 Å². The van der Waals surface area contributed by atoms with Crippen LogP contribution in [0.15, 0.2) is 18.2 Å². The lowest BCUT2D eigenvalue weighted by Crippen LogP contribution is -2.38. The van der Waals surface area contributed by atoms with Gasteiger partial charge >= 0.3 is 0 Å². The molecule has 17 heavy (non-hydrogen) atoms. The topological polar surface area (TPSA) is 20.3 Å². The summed E-state index contributed by atoms with van der Waals surface area (Å²) in [6.45, 7) is 3.86. The summed E-state index contributed by atoms with van der Waals surface area (Å²) >= 11 is 11.1. The Hall–Kier alpha value is -0.730. The van der Waals surface area contributed by atoms with Gasteiger partial charge in [0.15, 0.2) is 11.6 Å². The highest BCUT2D eigenvalue weighted by molar-refractivity contribution is 6.31. The summed E-state index contributed by atoms with van der Waals surface area (Å²) in [5.74, 6) is 0.728. The molecule has 2 nitrogen and oxygen atoms in total. The summed E-state index contributed by atoms with van der Waals surface area (Å²) < 4.78 is 0. The van der Waals surface area contributed by atoms with Gasteiger partial charge in [-0.1, -0.05) is 24.6 Å². The normalized spacial score (nSPS) is 17.2.